The molecule has 0 amide bonds. The molecule has 5 heteroatoms. The molecule has 1 unspecified atom stereocenters. The van der Waals surface area contributed by atoms with Gasteiger partial charge in [0.25, 0.3) is 0 Å². The first-order valence-electron chi connectivity index (χ1n) is 5.45. The van der Waals surface area contributed by atoms with Crippen LogP contribution in [-0.2, 0) is 5.41 Å². The number of aromatic hydroxyl groups is 1. The van der Waals surface area contributed by atoms with E-state index in [1.165, 1.54) is 7.11 Å². The number of ether oxygens (including phenoxy) is 1. The highest BCUT2D eigenvalue weighted by Crippen LogP contribution is 2.55. The molecule has 1 saturated carbocycles. The Morgan fingerprint density at radius 3 is 2.59 bits per heavy atom. The van der Waals surface area contributed by atoms with Gasteiger partial charge in [0.15, 0.2) is 17.3 Å². The molecule has 0 radical (unpaired) electrons. The molecule has 0 heterocycles. The molecule has 17 heavy (non-hydrogen) atoms. The van der Waals surface area contributed by atoms with Crippen LogP contribution in [0.5, 0.6) is 11.5 Å². The summed E-state index contributed by atoms with van der Waals surface area (Å²) in [6.07, 6.45) is 1.68. The number of phenolic OH excluding ortho intramolecular Hbond substituents is 1. The molecule has 1 aromatic carbocycles. The van der Waals surface area contributed by atoms with Crippen LogP contribution in [0.3, 0.4) is 0 Å². The van der Waals surface area contributed by atoms with Gasteiger partial charge in [0.2, 0.25) is 0 Å². The number of hydrogen-bond donors (Lipinski definition) is 2. The molecule has 0 aliphatic heterocycles. The van der Waals surface area contributed by atoms with Crippen LogP contribution >= 0.6 is 15.9 Å². The SMILES string of the molecule is COc1cc(Br)c(C2(C(C)N)CC2)c(F)c1O. The molecule has 0 spiro atoms. The Kier molecular flexibility index (Phi) is 3.08. The minimum absolute atomic E-state index is 0.124. The maximum Gasteiger partial charge on any atom is 0.194 e. The lowest BCUT2D eigenvalue weighted by atomic mass is 9.88. The normalized spacial score (nSPS) is 18.9. The maximum atomic E-state index is 14.2. The Bertz CT molecular complexity index is 458. The Balaban J connectivity index is 2.60. The van der Waals surface area contributed by atoms with Crippen molar-refractivity contribution in [1.82, 2.24) is 0 Å². The molecule has 0 saturated heterocycles. The van der Waals surface area contributed by atoms with Crippen LogP contribution in [0.25, 0.3) is 0 Å². The van der Waals surface area contributed by atoms with Gasteiger partial charge in [-0.2, -0.15) is 0 Å². The zero-order chi connectivity index (χ0) is 12.8. The van der Waals surface area contributed by atoms with Crippen molar-refractivity contribution in [3.8, 4) is 11.5 Å². The summed E-state index contributed by atoms with van der Waals surface area (Å²) < 4.78 is 19.7. The van der Waals surface area contributed by atoms with Crippen molar-refractivity contribution >= 4 is 15.9 Å². The van der Waals surface area contributed by atoms with E-state index < -0.39 is 11.6 Å². The third-order valence-corrected chi connectivity index (χ3v) is 4.16. The highest BCUT2D eigenvalue weighted by atomic mass is 79.9. The van der Waals surface area contributed by atoms with E-state index in [0.717, 1.165) is 12.8 Å². The zero-order valence-corrected chi connectivity index (χ0v) is 11.3. The van der Waals surface area contributed by atoms with Crippen LogP contribution in [0.1, 0.15) is 25.3 Å². The molecule has 3 nitrogen and oxygen atoms in total. The average Bonchev–Trinajstić information content (AvgIpc) is 3.05. The lowest BCUT2D eigenvalue weighted by Crippen LogP contribution is -2.32. The van der Waals surface area contributed by atoms with Crippen LogP contribution in [-0.4, -0.2) is 18.3 Å². The third-order valence-electron chi connectivity index (χ3n) is 3.54. The molecule has 1 aliphatic carbocycles. The van der Waals surface area contributed by atoms with E-state index in [9.17, 15) is 9.50 Å². The van der Waals surface area contributed by atoms with E-state index >= 15 is 0 Å². The zero-order valence-electron chi connectivity index (χ0n) is 9.76. The van der Waals surface area contributed by atoms with Gasteiger partial charge in [0, 0.05) is 21.5 Å². The molecule has 1 fully saturated rings. The molecule has 2 rings (SSSR count). The van der Waals surface area contributed by atoms with Crippen molar-refractivity contribution in [2.45, 2.75) is 31.2 Å². The minimum atomic E-state index is -0.633. The van der Waals surface area contributed by atoms with Crippen molar-refractivity contribution in [3.05, 3.63) is 21.9 Å². The Labute approximate surface area is 108 Å². The highest BCUT2D eigenvalue weighted by molar-refractivity contribution is 9.10. The van der Waals surface area contributed by atoms with Crippen molar-refractivity contribution in [2.75, 3.05) is 7.11 Å². The second-order valence-electron chi connectivity index (χ2n) is 4.54. The fourth-order valence-electron chi connectivity index (χ4n) is 2.27. The molecule has 3 N–H and O–H groups in total. The first-order chi connectivity index (χ1) is 7.94. The number of phenols is 1. The van der Waals surface area contributed by atoms with Crippen LogP contribution in [0.15, 0.2) is 10.5 Å². The maximum absolute atomic E-state index is 14.2. The molecular weight excluding hydrogens is 289 g/mol. The van der Waals surface area contributed by atoms with Crippen molar-refractivity contribution in [3.63, 3.8) is 0 Å². The van der Waals surface area contributed by atoms with Crippen molar-refractivity contribution in [1.29, 1.82) is 0 Å². The molecule has 1 atom stereocenters. The second-order valence-corrected chi connectivity index (χ2v) is 5.40. The summed E-state index contributed by atoms with van der Waals surface area (Å²) in [6, 6.07) is 1.43. The van der Waals surface area contributed by atoms with Gasteiger partial charge < -0.3 is 15.6 Å². The van der Waals surface area contributed by atoms with E-state index in [1.54, 1.807) is 6.07 Å². The summed E-state index contributed by atoms with van der Waals surface area (Å²) in [4.78, 5) is 0. The molecular formula is C12H15BrFNO2. The number of rotatable bonds is 3. The van der Waals surface area contributed by atoms with Gasteiger partial charge in [0.1, 0.15) is 0 Å². The van der Waals surface area contributed by atoms with Gasteiger partial charge >= 0.3 is 0 Å². The summed E-state index contributed by atoms with van der Waals surface area (Å²) in [7, 11) is 1.39. The Morgan fingerprint density at radius 1 is 1.59 bits per heavy atom. The van der Waals surface area contributed by atoms with Gasteiger partial charge in [0.05, 0.1) is 7.11 Å². The standard InChI is InChI=1S/C12H15BrFNO2/c1-6(15)12(3-4-12)9-7(13)5-8(17-2)11(16)10(9)14/h5-6,16H,3-4,15H2,1-2H3. The van der Waals surface area contributed by atoms with Crippen LogP contribution in [0, 0.1) is 5.82 Å². The van der Waals surface area contributed by atoms with Crippen LogP contribution in [0.2, 0.25) is 0 Å². The van der Waals surface area contributed by atoms with Gasteiger partial charge in [-0.15, -0.1) is 0 Å². The smallest absolute Gasteiger partial charge is 0.194 e. The molecule has 1 aliphatic rings. The number of benzene rings is 1. The fourth-order valence-corrected chi connectivity index (χ4v) is 3.04. The Hall–Kier alpha value is -0.810. The largest absolute Gasteiger partial charge is 0.502 e. The fraction of sp³-hybridized carbons (Fsp3) is 0.500. The predicted octanol–water partition coefficient (Wildman–Crippen LogP) is 2.68. The number of hydrogen-bond acceptors (Lipinski definition) is 3. The number of halogens is 2. The molecule has 1 aromatic rings. The van der Waals surface area contributed by atoms with E-state index in [1.807, 2.05) is 6.92 Å². The first kappa shape index (κ1) is 12.6. The second kappa shape index (κ2) is 4.14. The van der Waals surface area contributed by atoms with E-state index in [0.29, 0.717) is 10.0 Å². The predicted molar refractivity (Wildman–Crippen MR) is 66.9 cm³/mol. The summed E-state index contributed by atoms with van der Waals surface area (Å²) in [5.41, 5.74) is 6.03. The molecule has 0 aromatic heterocycles. The van der Waals surface area contributed by atoms with E-state index in [-0.39, 0.29) is 17.2 Å². The lowest BCUT2D eigenvalue weighted by molar-refractivity contribution is 0.351. The topological polar surface area (TPSA) is 55.5 Å². The molecule has 0 bridgehead atoms. The molecule has 94 valence electrons. The lowest BCUT2D eigenvalue weighted by Gasteiger charge is -2.23. The summed E-state index contributed by atoms with van der Waals surface area (Å²) >= 11 is 3.33. The highest BCUT2D eigenvalue weighted by Gasteiger charge is 2.51. The minimum Gasteiger partial charge on any atom is -0.502 e. The van der Waals surface area contributed by atoms with Gasteiger partial charge in [-0.25, -0.2) is 4.39 Å². The van der Waals surface area contributed by atoms with Crippen molar-refractivity contribution in [2.24, 2.45) is 5.73 Å². The number of methoxy groups -OCH3 is 1. The summed E-state index contributed by atoms with van der Waals surface area (Å²) in [6.45, 7) is 1.86. The van der Waals surface area contributed by atoms with Crippen molar-refractivity contribution < 1.29 is 14.2 Å². The Morgan fingerprint density at radius 2 is 2.18 bits per heavy atom. The van der Waals surface area contributed by atoms with Crippen LogP contribution in [0.4, 0.5) is 4.39 Å². The van der Waals surface area contributed by atoms with Gasteiger partial charge in [-0.3, -0.25) is 0 Å². The summed E-state index contributed by atoms with van der Waals surface area (Å²) in [5, 5.41) is 9.71. The summed E-state index contributed by atoms with van der Waals surface area (Å²) in [5.74, 6) is -0.956. The van der Waals surface area contributed by atoms with E-state index in [4.69, 9.17) is 10.5 Å². The van der Waals surface area contributed by atoms with E-state index in [2.05, 4.69) is 15.9 Å². The van der Waals surface area contributed by atoms with Gasteiger partial charge in [-0.1, -0.05) is 15.9 Å². The van der Waals surface area contributed by atoms with Crippen LogP contribution < -0.4 is 10.5 Å². The monoisotopic (exact) mass is 303 g/mol. The average molecular weight is 304 g/mol. The van der Waals surface area contributed by atoms with Gasteiger partial charge in [-0.05, 0) is 25.8 Å². The quantitative estimate of drug-likeness (QED) is 0.902. The third kappa shape index (κ3) is 1.81. The number of nitrogens with two attached hydrogens (primary N) is 1. The first-order valence-corrected chi connectivity index (χ1v) is 6.24.